The minimum Gasteiger partial charge on any atom is -0.463 e. The van der Waals surface area contributed by atoms with E-state index in [9.17, 15) is 14.0 Å². The number of ether oxygens (including phenoxy) is 1. The summed E-state index contributed by atoms with van der Waals surface area (Å²) in [6.45, 7) is 3.62. The second kappa shape index (κ2) is 9.68. The molecule has 0 spiro atoms. The van der Waals surface area contributed by atoms with Crippen molar-refractivity contribution in [3.05, 3.63) is 108 Å². The molecule has 2 heterocycles. The van der Waals surface area contributed by atoms with Gasteiger partial charge in [0.25, 0.3) is 5.56 Å². The maximum atomic E-state index is 14.3. The SMILES string of the molecule is CCOC(=O)C1=C(C)N=c2s/c(=C/c3c(F)cccc3Cl)c(=O)n2[C@H]1/C=C/c1ccccc1. The van der Waals surface area contributed by atoms with Crippen molar-refractivity contribution in [2.45, 2.75) is 19.9 Å². The number of aromatic nitrogens is 1. The summed E-state index contributed by atoms with van der Waals surface area (Å²) in [6, 6.07) is 13.2. The van der Waals surface area contributed by atoms with Crippen molar-refractivity contribution in [3.8, 4) is 0 Å². The molecule has 0 N–H and O–H groups in total. The number of hydrogen-bond acceptors (Lipinski definition) is 5. The number of halogens is 2. The Kier molecular flexibility index (Phi) is 6.72. The third-order valence-corrected chi connectivity index (χ3v) is 6.42. The van der Waals surface area contributed by atoms with Crippen LogP contribution in [0.2, 0.25) is 5.02 Å². The molecule has 2 aromatic carbocycles. The Morgan fingerprint density at radius 1 is 1.24 bits per heavy atom. The number of hydrogen-bond donors (Lipinski definition) is 0. The third-order valence-electron chi connectivity index (χ3n) is 5.11. The summed E-state index contributed by atoms with van der Waals surface area (Å²) in [5, 5.41) is 0.199. The molecule has 8 heteroatoms. The zero-order valence-corrected chi connectivity index (χ0v) is 19.5. The number of esters is 1. The minimum atomic E-state index is -0.723. The van der Waals surface area contributed by atoms with Gasteiger partial charge in [-0.15, -0.1) is 0 Å². The normalized spacial score (nSPS) is 16.1. The Hall–Kier alpha value is -3.29. The van der Waals surface area contributed by atoms with Gasteiger partial charge < -0.3 is 4.74 Å². The lowest BCUT2D eigenvalue weighted by Crippen LogP contribution is -2.38. The van der Waals surface area contributed by atoms with Gasteiger partial charge in [0.05, 0.1) is 33.5 Å². The van der Waals surface area contributed by atoms with Gasteiger partial charge in [0.2, 0.25) is 0 Å². The molecule has 1 atom stereocenters. The molecule has 168 valence electrons. The lowest BCUT2D eigenvalue weighted by atomic mass is 10.0. The van der Waals surface area contributed by atoms with E-state index in [4.69, 9.17) is 16.3 Å². The third kappa shape index (κ3) is 4.60. The van der Waals surface area contributed by atoms with Crippen LogP contribution in [0.5, 0.6) is 0 Å². The smallest absolute Gasteiger partial charge is 0.338 e. The number of benzene rings is 2. The van der Waals surface area contributed by atoms with Gasteiger partial charge in [0, 0.05) is 5.56 Å². The van der Waals surface area contributed by atoms with E-state index < -0.39 is 23.4 Å². The van der Waals surface area contributed by atoms with Gasteiger partial charge in [-0.05, 0) is 37.6 Å². The number of rotatable bonds is 5. The highest BCUT2D eigenvalue weighted by Crippen LogP contribution is 2.26. The van der Waals surface area contributed by atoms with Crippen molar-refractivity contribution in [1.29, 1.82) is 0 Å². The molecule has 0 saturated heterocycles. The number of allylic oxidation sites excluding steroid dienone is 2. The molecule has 0 bridgehead atoms. The molecule has 1 aromatic heterocycles. The first-order chi connectivity index (χ1) is 15.9. The predicted octanol–water partition coefficient (Wildman–Crippen LogP) is 4.26. The minimum absolute atomic E-state index is 0.127. The van der Waals surface area contributed by atoms with Crippen LogP contribution in [0, 0.1) is 5.82 Å². The first-order valence-electron chi connectivity index (χ1n) is 10.3. The van der Waals surface area contributed by atoms with Gasteiger partial charge in [0.15, 0.2) is 4.80 Å². The number of carbonyl (C=O) groups excluding carboxylic acids is 1. The fourth-order valence-electron chi connectivity index (χ4n) is 3.56. The maximum absolute atomic E-state index is 14.3. The van der Waals surface area contributed by atoms with Crippen molar-refractivity contribution in [2.24, 2.45) is 4.99 Å². The van der Waals surface area contributed by atoms with E-state index in [1.54, 1.807) is 26.0 Å². The average molecular weight is 483 g/mol. The van der Waals surface area contributed by atoms with Gasteiger partial charge >= 0.3 is 5.97 Å². The number of fused-ring (bicyclic) bond motifs is 1. The zero-order chi connectivity index (χ0) is 23.5. The van der Waals surface area contributed by atoms with E-state index in [-0.39, 0.29) is 27.3 Å². The Morgan fingerprint density at radius 2 is 2.00 bits per heavy atom. The summed E-state index contributed by atoms with van der Waals surface area (Å²) in [5.41, 5.74) is 1.40. The van der Waals surface area contributed by atoms with Crippen molar-refractivity contribution < 1.29 is 13.9 Å². The van der Waals surface area contributed by atoms with Gasteiger partial charge in [-0.25, -0.2) is 14.2 Å². The molecule has 0 aliphatic carbocycles. The summed E-state index contributed by atoms with van der Waals surface area (Å²) in [5.74, 6) is -1.06. The first-order valence-corrected chi connectivity index (χ1v) is 11.5. The van der Waals surface area contributed by atoms with Crippen LogP contribution in [0.3, 0.4) is 0 Å². The first kappa shape index (κ1) is 22.9. The molecule has 0 radical (unpaired) electrons. The molecule has 33 heavy (non-hydrogen) atoms. The molecule has 1 aliphatic heterocycles. The second-order valence-electron chi connectivity index (χ2n) is 7.25. The standard InChI is InChI=1S/C25H20ClFN2O3S/c1-3-32-24(31)22-15(2)28-25-29(20(22)13-12-16-8-5-4-6-9-16)23(30)21(33-25)14-17-18(26)10-7-11-19(17)27/h4-14,20H,3H2,1-2H3/b13-12+,21-14+/t20-/m0/s1. The summed E-state index contributed by atoms with van der Waals surface area (Å²) in [4.78, 5) is 31.1. The Balaban J connectivity index is 1.91. The number of nitrogens with zero attached hydrogens (tertiary/aromatic N) is 2. The van der Waals surface area contributed by atoms with Crippen molar-refractivity contribution in [3.63, 3.8) is 0 Å². The summed E-state index contributed by atoms with van der Waals surface area (Å²) >= 11 is 7.26. The van der Waals surface area contributed by atoms with Crippen molar-refractivity contribution in [2.75, 3.05) is 6.61 Å². The van der Waals surface area contributed by atoms with Gasteiger partial charge in [0.1, 0.15) is 5.82 Å². The van der Waals surface area contributed by atoms with Gasteiger partial charge in [-0.1, -0.05) is 71.5 Å². The molecule has 3 aromatic rings. The Bertz CT molecular complexity index is 1430. The highest BCUT2D eigenvalue weighted by Gasteiger charge is 2.30. The Morgan fingerprint density at radius 3 is 2.70 bits per heavy atom. The molecule has 0 amide bonds. The summed E-state index contributed by atoms with van der Waals surface area (Å²) < 4.78 is 21.3. The van der Waals surface area contributed by atoms with E-state index in [0.717, 1.165) is 16.9 Å². The molecule has 5 nitrogen and oxygen atoms in total. The fourth-order valence-corrected chi connectivity index (χ4v) is 4.82. The van der Waals surface area contributed by atoms with Crippen LogP contribution < -0.4 is 14.9 Å². The van der Waals surface area contributed by atoms with Crippen LogP contribution in [0.4, 0.5) is 4.39 Å². The molecular weight excluding hydrogens is 463 g/mol. The fraction of sp³-hybridized carbons (Fsp3) is 0.160. The molecule has 0 unspecified atom stereocenters. The van der Waals surface area contributed by atoms with Crippen LogP contribution in [-0.4, -0.2) is 17.1 Å². The van der Waals surface area contributed by atoms with Gasteiger partial charge in [-0.2, -0.15) is 0 Å². The monoisotopic (exact) mass is 482 g/mol. The van der Waals surface area contributed by atoms with Crippen LogP contribution in [0.25, 0.3) is 12.2 Å². The molecule has 4 rings (SSSR count). The van der Waals surface area contributed by atoms with E-state index in [1.807, 2.05) is 36.4 Å². The summed E-state index contributed by atoms with van der Waals surface area (Å²) in [7, 11) is 0. The predicted molar refractivity (Wildman–Crippen MR) is 128 cm³/mol. The van der Waals surface area contributed by atoms with E-state index in [2.05, 4.69) is 4.99 Å². The zero-order valence-electron chi connectivity index (χ0n) is 17.9. The molecular formula is C25H20ClFN2O3S. The van der Waals surface area contributed by atoms with Crippen LogP contribution >= 0.6 is 22.9 Å². The number of thiazole rings is 1. The van der Waals surface area contributed by atoms with Crippen LogP contribution in [0.1, 0.15) is 31.0 Å². The number of carbonyl (C=O) groups is 1. The Labute approximate surface area is 198 Å². The van der Waals surface area contributed by atoms with Gasteiger partial charge in [-0.3, -0.25) is 9.36 Å². The largest absolute Gasteiger partial charge is 0.463 e. The molecule has 0 saturated carbocycles. The quantitative estimate of drug-likeness (QED) is 0.511. The lowest BCUT2D eigenvalue weighted by molar-refractivity contribution is -0.139. The highest BCUT2D eigenvalue weighted by molar-refractivity contribution is 7.07. The van der Waals surface area contributed by atoms with Crippen LogP contribution in [0.15, 0.2) is 75.7 Å². The highest BCUT2D eigenvalue weighted by atomic mass is 35.5. The van der Waals surface area contributed by atoms with E-state index >= 15 is 0 Å². The average Bonchev–Trinajstić information content (AvgIpc) is 3.10. The molecule has 0 fully saturated rings. The van der Waals surface area contributed by atoms with Crippen molar-refractivity contribution in [1.82, 2.24) is 4.57 Å². The molecule has 1 aliphatic rings. The van der Waals surface area contributed by atoms with E-state index in [0.29, 0.717) is 10.5 Å². The van der Waals surface area contributed by atoms with Crippen molar-refractivity contribution >= 4 is 41.1 Å². The lowest BCUT2D eigenvalue weighted by Gasteiger charge is -2.21. The summed E-state index contributed by atoms with van der Waals surface area (Å²) in [6.07, 6.45) is 5.04. The van der Waals surface area contributed by atoms with E-state index in [1.165, 1.54) is 22.8 Å². The second-order valence-corrected chi connectivity index (χ2v) is 8.67. The topological polar surface area (TPSA) is 60.7 Å². The maximum Gasteiger partial charge on any atom is 0.338 e. The van der Waals surface area contributed by atoms with Crippen LogP contribution in [-0.2, 0) is 9.53 Å².